The van der Waals surface area contributed by atoms with Gasteiger partial charge in [-0.05, 0) is 19.4 Å². The molecule has 0 aromatic carbocycles. The molecule has 2 rings (SSSR count). The van der Waals surface area contributed by atoms with Crippen molar-refractivity contribution in [3.05, 3.63) is 28.4 Å². The fourth-order valence-corrected chi connectivity index (χ4v) is 1.52. The van der Waals surface area contributed by atoms with E-state index in [2.05, 4.69) is 4.98 Å². The van der Waals surface area contributed by atoms with Crippen LogP contribution in [0.4, 0.5) is 0 Å². The highest BCUT2D eigenvalue weighted by Gasteiger charge is 2.26. The summed E-state index contributed by atoms with van der Waals surface area (Å²) in [6.07, 6.45) is 1.93. The molecular formula is C10H14N2O3. The van der Waals surface area contributed by atoms with E-state index in [1.54, 1.807) is 19.2 Å². The first kappa shape index (κ1) is 10.3. The molecule has 0 spiro atoms. The molecule has 0 radical (unpaired) electrons. The zero-order valence-electron chi connectivity index (χ0n) is 8.84. The van der Waals surface area contributed by atoms with Crippen molar-refractivity contribution >= 4 is 0 Å². The van der Waals surface area contributed by atoms with Crippen LogP contribution in [0.1, 0.15) is 25.3 Å². The van der Waals surface area contributed by atoms with Crippen molar-refractivity contribution in [2.24, 2.45) is 0 Å². The van der Waals surface area contributed by atoms with Gasteiger partial charge in [0.25, 0.3) is 0 Å². The molecule has 5 heteroatoms. The molecule has 0 bridgehead atoms. The average molecular weight is 210 g/mol. The molecule has 15 heavy (non-hydrogen) atoms. The number of nitrogens with zero attached hydrogens (tertiary/aromatic N) is 2. The zero-order valence-corrected chi connectivity index (χ0v) is 8.84. The predicted octanol–water partition coefficient (Wildman–Crippen LogP) is 0.833. The van der Waals surface area contributed by atoms with Gasteiger partial charge in [0.15, 0.2) is 12.5 Å². The molecule has 2 heterocycles. The van der Waals surface area contributed by atoms with E-state index in [1.807, 2.05) is 6.92 Å². The van der Waals surface area contributed by atoms with Crippen molar-refractivity contribution < 1.29 is 9.47 Å². The van der Waals surface area contributed by atoms with Gasteiger partial charge in [0, 0.05) is 11.9 Å². The van der Waals surface area contributed by atoms with Crippen molar-refractivity contribution in [1.82, 2.24) is 9.55 Å². The van der Waals surface area contributed by atoms with E-state index in [0.717, 1.165) is 6.42 Å². The molecule has 0 aliphatic carbocycles. The summed E-state index contributed by atoms with van der Waals surface area (Å²) in [5, 5.41) is 0. The second kappa shape index (κ2) is 4.12. The summed E-state index contributed by atoms with van der Waals surface area (Å²) in [5.41, 5.74) is 0.419. The van der Waals surface area contributed by atoms with Gasteiger partial charge in [-0.3, -0.25) is 4.57 Å². The highest BCUT2D eigenvalue weighted by atomic mass is 16.7. The first-order chi connectivity index (χ1) is 7.20. The van der Waals surface area contributed by atoms with Gasteiger partial charge in [-0.15, -0.1) is 0 Å². The molecule has 82 valence electrons. The van der Waals surface area contributed by atoms with Crippen molar-refractivity contribution in [2.45, 2.75) is 32.8 Å². The second-order valence-electron chi connectivity index (χ2n) is 3.52. The van der Waals surface area contributed by atoms with E-state index in [4.69, 9.17) is 9.47 Å². The van der Waals surface area contributed by atoms with E-state index in [-0.39, 0.29) is 18.2 Å². The Balaban J connectivity index is 2.20. The Labute approximate surface area is 87.7 Å². The first-order valence-corrected chi connectivity index (χ1v) is 5.03. The Morgan fingerprint density at radius 2 is 2.47 bits per heavy atom. The van der Waals surface area contributed by atoms with Gasteiger partial charge in [-0.1, -0.05) is 6.92 Å². The van der Waals surface area contributed by atoms with Crippen molar-refractivity contribution in [1.29, 1.82) is 0 Å². The van der Waals surface area contributed by atoms with Crippen LogP contribution in [0.15, 0.2) is 17.1 Å². The third kappa shape index (κ3) is 2.08. The predicted molar refractivity (Wildman–Crippen MR) is 53.4 cm³/mol. The molecule has 1 aromatic rings. The van der Waals surface area contributed by atoms with Crippen molar-refractivity contribution in [2.75, 3.05) is 6.61 Å². The Morgan fingerprint density at radius 3 is 3.07 bits per heavy atom. The summed E-state index contributed by atoms with van der Waals surface area (Å²) < 4.78 is 12.3. The van der Waals surface area contributed by atoms with Crippen molar-refractivity contribution in [3.8, 4) is 0 Å². The summed E-state index contributed by atoms with van der Waals surface area (Å²) in [6, 6.07) is 1.78. The number of aromatic nitrogens is 2. The molecule has 0 N–H and O–H groups in total. The summed E-state index contributed by atoms with van der Waals surface area (Å²) in [6.45, 7) is 4.17. The summed E-state index contributed by atoms with van der Waals surface area (Å²) in [5.74, 6) is 0. The molecule has 1 saturated heterocycles. The zero-order chi connectivity index (χ0) is 10.8. The monoisotopic (exact) mass is 210 g/mol. The third-order valence-corrected chi connectivity index (χ3v) is 2.35. The molecular weight excluding hydrogens is 196 g/mol. The van der Waals surface area contributed by atoms with Gasteiger partial charge in [0.1, 0.15) is 0 Å². The van der Waals surface area contributed by atoms with Crippen molar-refractivity contribution in [3.63, 3.8) is 0 Å². The number of hydrogen-bond acceptors (Lipinski definition) is 4. The summed E-state index contributed by atoms with van der Waals surface area (Å²) in [4.78, 5) is 15.4. The number of aryl methyl sites for hydroxylation is 1. The standard InChI is InChI=1S/C10H14N2O3/c1-3-9-14-6-8(15-9)12-5-4-7(2)11-10(12)13/h4-5,8-9H,3,6H2,1-2H3/t8-,9-/m1/s1. The summed E-state index contributed by atoms with van der Waals surface area (Å²) >= 11 is 0. The second-order valence-corrected chi connectivity index (χ2v) is 3.52. The lowest BCUT2D eigenvalue weighted by molar-refractivity contribution is -0.0731. The molecule has 0 saturated carbocycles. The van der Waals surface area contributed by atoms with Gasteiger partial charge in [0.2, 0.25) is 0 Å². The van der Waals surface area contributed by atoms with Crippen LogP contribution in [0.5, 0.6) is 0 Å². The molecule has 0 unspecified atom stereocenters. The minimum atomic E-state index is -0.337. The van der Waals surface area contributed by atoms with Crippen LogP contribution in [-0.4, -0.2) is 22.4 Å². The van der Waals surface area contributed by atoms with E-state index < -0.39 is 0 Å². The highest BCUT2D eigenvalue weighted by Crippen LogP contribution is 2.20. The maximum absolute atomic E-state index is 11.5. The van der Waals surface area contributed by atoms with Crippen LogP contribution in [0.25, 0.3) is 0 Å². The van der Waals surface area contributed by atoms with Gasteiger partial charge in [-0.25, -0.2) is 4.79 Å². The van der Waals surface area contributed by atoms with Gasteiger partial charge >= 0.3 is 5.69 Å². The lowest BCUT2D eigenvalue weighted by atomic mass is 10.4. The quantitative estimate of drug-likeness (QED) is 0.725. The Bertz CT molecular complexity index is 402. The first-order valence-electron chi connectivity index (χ1n) is 5.03. The molecule has 1 aliphatic rings. The molecule has 1 aliphatic heterocycles. The Morgan fingerprint density at radius 1 is 1.67 bits per heavy atom. The smallest absolute Gasteiger partial charge is 0.348 e. The van der Waals surface area contributed by atoms with Gasteiger partial charge < -0.3 is 9.47 Å². The molecule has 1 aromatic heterocycles. The largest absolute Gasteiger partial charge is 0.349 e. The van der Waals surface area contributed by atoms with E-state index in [9.17, 15) is 4.79 Å². The molecule has 2 atom stereocenters. The SMILES string of the molecule is CC[C@@H]1OC[C@H](n2ccc(C)nc2=O)O1. The minimum absolute atomic E-state index is 0.205. The lowest BCUT2D eigenvalue weighted by Gasteiger charge is -2.12. The van der Waals surface area contributed by atoms with Crippen LogP contribution < -0.4 is 5.69 Å². The molecule has 1 fully saturated rings. The minimum Gasteiger partial charge on any atom is -0.348 e. The van der Waals surface area contributed by atoms with Crippen LogP contribution in [0.3, 0.4) is 0 Å². The van der Waals surface area contributed by atoms with Gasteiger partial charge in [-0.2, -0.15) is 4.98 Å². The lowest BCUT2D eigenvalue weighted by Crippen LogP contribution is -2.28. The number of rotatable bonds is 2. The van der Waals surface area contributed by atoms with E-state index >= 15 is 0 Å². The average Bonchev–Trinajstić information content (AvgIpc) is 2.66. The fourth-order valence-electron chi connectivity index (χ4n) is 1.52. The van der Waals surface area contributed by atoms with Gasteiger partial charge in [0.05, 0.1) is 6.61 Å². The third-order valence-electron chi connectivity index (χ3n) is 2.35. The topological polar surface area (TPSA) is 53.4 Å². The normalized spacial score (nSPS) is 25.7. The Kier molecular flexibility index (Phi) is 2.83. The highest BCUT2D eigenvalue weighted by molar-refractivity contribution is 4.96. The van der Waals surface area contributed by atoms with Crippen LogP contribution in [-0.2, 0) is 9.47 Å². The maximum Gasteiger partial charge on any atom is 0.349 e. The maximum atomic E-state index is 11.5. The van der Waals surface area contributed by atoms with E-state index in [1.165, 1.54) is 4.57 Å². The van der Waals surface area contributed by atoms with Crippen LogP contribution >= 0.6 is 0 Å². The fraction of sp³-hybridized carbons (Fsp3) is 0.600. The van der Waals surface area contributed by atoms with Crippen LogP contribution in [0, 0.1) is 6.92 Å². The van der Waals surface area contributed by atoms with E-state index in [0.29, 0.717) is 12.3 Å². The number of hydrogen-bond donors (Lipinski definition) is 0. The molecule has 0 amide bonds. The van der Waals surface area contributed by atoms with Crippen LogP contribution in [0.2, 0.25) is 0 Å². The Hall–Kier alpha value is -1.20. The number of ether oxygens (including phenoxy) is 2. The molecule has 5 nitrogen and oxygen atoms in total. The summed E-state index contributed by atoms with van der Waals surface area (Å²) in [7, 11) is 0.